The van der Waals surface area contributed by atoms with E-state index < -0.39 is 0 Å². The van der Waals surface area contributed by atoms with Gasteiger partial charge in [-0.05, 0) is 31.2 Å². The summed E-state index contributed by atoms with van der Waals surface area (Å²) >= 11 is 0. The molecular weight excluding hydrogens is 286 g/mol. The number of carbonyl (C=O) groups excluding carboxylic acids is 1. The summed E-state index contributed by atoms with van der Waals surface area (Å²) < 4.78 is 5.51. The Hall–Kier alpha value is -2.99. The van der Waals surface area contributed by atoms with E-state index in [0.29, 0.717) is 13.2 Å². The van der Waals surface area contributed by atoms with Gasteiger partial charge in [0.05, 0.1) is 13.2 Å². The van der Waals surface area contributed by atoms with E-state index in [1.165, 1.54) is 6.08 Å². The van der Waals surface area contributed by atoms with E-state index >= 15 is 0 Å². The van der Waals surface area contributed by atoms with Gasteiger partial charge in [0.2, 0.25) is 5.91 Å². The largest absolute Gasteiger partial charge is 0.493 e. The number of para-hydroxylation sites is 1. The second-order valence-corrected chi connectivity index (χ2v) is 4.69. The van der Waals surface area contributed by atoms with Crippen molar-refractivity contribution in [2.75, 3.05) is 13.2 Å². The fraction of sp³-hybridized carbons (Fsp3) is 0.150. The van der Waals surface area contributed by atoms with Crippen LogP contribution in [0.4, 0.5) is 0 Å². The zero-order valence-corrected chi connectivity index (χ0v) is 13.1. The number of benzene rings is 2. The predicted octanol–water partition coefficient (Wildman–Crippen LogP) is 3.27. The van der Waals surface area contributed by atoms with Crippen molar-refractivity contribution in [3.63, 3.8) is 0 Å². The van der Waals surface area contributed by atoms with E-state index in [-0.39, 0.29) is 5.91 Å². The molecule has 0 saturated heterocycles. The van der Waals surface area contributed by atoms with Crippen LogP contribution in [-0.2, 0) is 4.79 Å². The van der Waals surface area contributed by atoms with Crippen LogP contribution in [-0.4, -0.2) is 19.1 Å². The first-order valence-corrected chi connectivity index (χ1v) is 7.51. The maximum absolute atomic E-state index is 11.8. The standard InChI is InChI=1S/C20H19NO2/c1-2-23-19-13-7-6-12-18(19)14-15-20(22)21-16-8-11-17-9-4-3-5-10-17/h3-7,9-10,12-15H,2,16H2,1H3,(H,21,22)/b15-14+. The molecule has 116 valence electrons. The van der Waals surface area contributed by atoms with Crippen LogP contribution in [0, 0.1) is 11.8 Å². The van der Waals surface area contributed by atoms with Gasteiger partial charge in [-0.15, -0.1) is 0 Å². The summed E-state index contributed by atoms with van der Waals surface area (Å²) in [5.41, 5.74) is 1.81. The molecule has 0 saturated carbocycles. The summed E-state index contributed by atoms with van der Waals surface area (Å²) in [7, 11) is 0. The van der Waals surface area contributed by atoms with Gasteiger partial charge in [0.1, 0.15) is 5.75 Å². The van der Waals surface area contributed by atoms with Gasteiger partial charge in [-0.25, -0.2) is 0 Å². The molecule has 2 aromatic carbocycles. The van der Waals surface area contributed by atoms with Gasteiger partial charge in [0.15, 0.2) is 0 Å². The highest BCUT2D eigenvalue weighted by molar-refractivity contribution is 5.92. The third kappa shape index (κ3) is 5.72. The Bertz CT molecular complexity index is 724. The Morgan fingerprint density at radius 3 is 2.65 bits per heavy atom. The highest BCUT2D eigenvalue weighted by Gasteiger charge is 1.99. The van der Waals surface area contributed by atoms with Gasteiger partial charge in [0.25, 0.3) is 0 Å². The zero-order valence-electron chi connectivity index (χ0n) is 13.1. The molecule has 0 unspecified atom stereocenters. The van der Waals surface area contributed by atoms with Crippen molar-refractivity contribution in [1.82, 2.24) is 5.32 Å². The van der Waals surface area contributed by atoms with Crippen molar-refractivity contribution in [2.45, 2.75) is 6.92 Å². The minimum atomic E-state index is -0.182. The lowest BCUT2D eigenvalue weighted by atomic mass is 10.2. The van der Waals surface area contributed by atoms with Crippen LogP contribution in [0.1, 0.15) is 18.1 Å². The minimum Gasteiger partial charge on any atom is -0.493 e. The first-order chi connectivity index (χ1) is 11.3. The molecule has 3 nitrogen and oxygen atoms in total. The monoisotopic (exact) mass is 305 g/mol. The number of ether oxygens (including phenoxy) is 1. The first-order valence-electron chi connectivity index (χ1n) is 7.51. The highest BCUT2D eigenvalue weighted by atomic mass is 16.5. The molecule has 2 rings (SSSR count). The molecule has 0 bridgehead atoms. The van der Waals surface area contributed by atoms with Crippen molar-refractivity contribution in [2.24, 2.45) is 0 Å². The molecule has 0 radical (unpaired) electrons. The van der Waals surface area contributed by atoms with E-state index in [0.717, 1.165) is 16.9 Å². The van der Waals surface area contributed by atoms with Crippen molar-refractivity contribution >= 4 is 12.0 Å². The smallest absolute Gasteiger partial charge is 0.244 e. The van der Waals surface area contributed by atoms with Crippen molar-refractivity contribution in [1.29, 1.82) is 0 Å². The number of carbonyl (C=O) groups is 1. The summed E-state index contributed by atoms with van der Waals surface area (Å²) in [6.07, 6.45) is 3.23. The molecule has 2 aromatic rings. The second kappa shape index (κ2) is 9.11. The Labute approximate surface area is 137 Å². The summed E-state index contributed by atoms with van der Waals surface area (Å²) in [6.45, 7) is 2.83. The van der Waals surface area contributed by atoms with Crippen LogP contribution >= 0.6 is 0 Å². The van der Waals surface area contributed by atoms with Gasteiger partial charge in [-0.2, -0.15) is 0 Å². The zero-order chi connectivity index (χ0) is 16.3. The Morgan fingerprint density at radius 2 is 1.87 bits per heavy atom. The Kier molecular flexibility index (Phi) is 6.49. The van der Waals surface area contributed by atoms with Gasteiger partial charge < -0.3 is 10.1 Å². The molecule has 1 amide bonds. The molecular formula is C20H19NO2. The number of hydrogen-bond donors (Lipinski definition) is 1. The molecule has 3 heteroatoms. The molecule has 0 fully saturated rings. The van der Waals surface area contributed by atoms with Crippen LogP contribution in [0.15, 0.2) is 60.7 Å². The minimum absolute atomic E-state index is 0.182. The summed E-state index contributed by atoms with van der Waals surface area (Å²) in [5, 5.41) is 2.73. The lowest BCUT2D eigenvalue weighted by molar-refractivity contribution is -0.116. The van der Waals surface area contributed by atoms with Crippen molar-refractivity contribution in [3.8, 4) is 17.6 Å². The van der Waals surface area contributed by atoms with Gasteiger partial charge in [0, 0.05) is 17.2 Å². The fourth-order valence-corrected chi connectivity index (χ4v) is 1.93. The topological polar surface area (TPSA) is 38.3 Å². The molecule has 0 heterocycles. The van der Waals surface area contributed by atoms with E-state index in [4.69, 9.17) is 4.74 Å². The SMILES string of the molecule is CCOc1ccccc1/C=C/C(=O)NCC#Cc1ccccc1. The predicted molar refractivity (Wildman–Crippen MR) is 93.0 cm³/mol. The van der Waals surface area contributed by atoms with Gasteiger partial charge >= 0.3 is 0 Å². The van der Waals surface area contributed by atoms with Crippen LogP contribution in [0.5, 0.6) is 5.75 Å². The number of rotatable bonds is 5. The molecule has 0 aliphatic rings. The average Bonchev–Trinajstić information content (AvgIpc) is 2.59. The normalized spacial score (nSPS) is 9.96. The average molecular weight is 305 g/mol. The maximum Gasteiger partial charge on any atom is 0.244 e. The van der Waals surface area contributed by atoms with Crippen LogP contribution in [0.3, 0.4) is 0 Å². The summed E-state index contributed by atoms with van der Waals surface area (Å²) in [5.74, 6) is 6.50. The number of hydrogen-bond acceptors (Lipinski definition) is 2. The third-order valence-corrected chi connectivity index (χ3v) is 2.99. The van der Waals surface area contributed by atoms with E-state index in [2.05, 4.69) is 17.2 Å². The van der Waals surface area contributed by atoms with E-state index in [1.807, 2.05) is 61.5 Å². The lowest BCUT2D eigenvalue weighted by Crippen LogP contribution is -2.20. The number of nitrogens with one attached hydrogen (secondary N) is 1. The number of amides is 1. The molecule has 0 aliphatic heterocycles. The maximum atomic E-state index is 11.8. The highest BCUT2D eigenvalue weighted by Crippen LogP contribution is 2.19. The van der Waals surface area contributed by atoms with Gasteiger partial charge in [-0.1, -0.05) is 48.2 Å². The molecule has 0 spiro atoms. The molecule has 1 N–H and O–H groups in total. The molecule has 0 atom stereocenters. The van der Waals surface area contributed by atoms with Crippen LogP contribution in [0.25, 0.3) is 6.08 Å². The quantitative estimate of drug-likeness (QED) is 0.680. The lowest BCUT2D eigenvalue weighted by Gasteiger charge is -2.06. The molecule has 0 aromatic heterocycles. The van der Waals surface area contributed by atoms with Crippen molar-refractivity contribution < 1.29 is 9.53 Å². The van der Waals surface area contributed by atoms with Gasteiger partial charge in [-0.3, -0.25) is 4.79 Å². The van der Waals surface area contributed by atoms with Crippen LogP contribution in [0.2, 0.25) is 0 Å². The van der Waals surface area contributed by atoms with Crippen molar-refractivity contribution in [3.05, 3.63) is 71.8 Å². The van der Waals surface area contributed by atoms with E-state index in [1.54, 1.807) is 6.08 Å². The van der Waals surface area contributed by atoms with Crippen LogP contribution < -0.4 is 10.1 Å². The summed E-state index contributed by atoms with van der Waals surface area (Å²) in [6, 6.07) is 17.3. The fourth-order valence-electron chi connectivity index (χ4n) is 1.93. The Balaban J connectivity index is 1.87. The summed E-state index contributed by atoms with van der Waals surface area (Å²) in [4.78, 5) is 11.8. The molecule has 23 heavy (non-hydrogen) atoms. The second-order valence-electron chi connectivity index (χ2n) is 4.69. The van der Waals surface area contributed by atoms with E-state index in [9.17, 15) is 4.79 Å². The molecule has 0 aliphatic carbocycles. The third-order valence-electron chi connectivity index (χ3n) is 2.99. The first kappa shape index (κ1) is 16.4. The Morgan fingerprint density at radius 1 is 1.13 bits per heavy atom.